The smallest absolute Gasteiger partial charge is 0.103 e. The van der Waals surface area contributed by atoms with E-state index in [2.05, 4.69) is 33.8 Å². The third-order valence-electron chi connectivity index (χ3n) is 1.90. The van der Waals surface area contributed by atoms with Gasteiger partial charge in [0.1, 0.15) is 6.07 Å². The van der Waals surface area contributed by atoms with E-state index in [1.807, 2.05) is 12.3 Å². The van der Waals surface area contributed by atoms with Gasteiger partial charge in [-0.3, -0.25) is 0 Å². The van der Waals surface area contributed by atoms with Crippen LogP contribution in [0.25, 0.3) is 5.69 Å². The molecule has 2 rings (SSSR count). The highest BCUT2D eigenvalue weighted by atomic mass is 127. The van der Waals surface area contributed by atoms with Crippen LogP contribution in [-0.4, -0.2) is 9.78 Å². The fraction of sp³-hybridized carbons (Fsp3) is 0. The maximum Gasteiger partial charge on any atom is 0.103 e. The van der Waals surface area contributed by atoms with Gasteiger partial charge >= 0.3 is 0 Å². The molecule has 0 aliphatic rings. The van der Waals surface area contributed by atoms with E-state index in [9.17, 15) is 0 Å². The molecule has 0 N–H and O–H groups in total. The lowest BCUT2D eigenvalue weighted by Gasteiger charge is -2.04. The first-order chi connectivity index (χ1) is 7.22. The molecule has 0 unspecified atom stereocenters. The Hall–Kier alpha value is -1.06. The second-order valence-electron chi connectivity index (χ2n) is 2.85. The maximum absolute atomic E-state index is 8.99. The summed E-state index contributed by atoms with van der Waals surface area (Å²) in [5, 5.41) is 13.6. The van der Waals surface area contributed by atoms with Gasteiger partial charge in [0.15, 0.2) is 0 Å². The van der Waals surface area contributed by atoms with Crippen LogP contribution in [0.4, 0.5) is 0 Å². The molecule has 15 heavy (non-hydrogen) atoms. The number of halogens is 2. The third kappa shape index (κ3) is 1.98. The van der Waals surface area contributed by atoms with Crippen molar-refractivity contribution in [2.75, 3.05) is 0 Å². The molecule has 0 radical (unpaired) electrons. The lowest BCUT2D eigenvalue weighted by Crippen LogP contribution is -1.97. The van der Waals surface area contributed by atoms with Crippen LogP contribution >= 0.6 is 34.2 Å². The molecule has 0 atom stereocenters. The minimum absolute atomic E-state index is 0.443. The number of rotatable bonds is 1. The van der Waals surface area contributed by atoms with E-state index in [-0.39, 0.29) is 0 Å². The average molecular weight is 330 g/mol. The van der Waals surface area contributed by atoms with Gasteiger partial charge in [0.2, 0.25) is 0 Å². The molecule has 2 aromatic rings. The minimum atomic E-state index is 0.443. The summed E-state index contributed by atoms with van der Waals surface area (Å²) >= 11 is 8.08. The Kier molecular flexibility index (Phi) is 2.93. The molecule has 5 heteroatoms. The molecule has 0 spiro atoms. The number of nitriles is 1. The summed E-state index contributed by atoms with van der Waals surface area (Å²) in [5.41, 5.74) is 1.14. The van der Waals surface area contributed by atoms with Gasteiger partial charge in [-0.05, 0) is 34.7 Å². The zero-order chi connectivity index (χ0) is 10.8. The average Bonchev–Trinajstić information content (AvgIpc) is 2.64. The van der Waals surface area contributed by atoms with Gasteiger partial charge in [-0.2, -0.15) is 10.4 Å². The molecule has 0 saturated carbocycles. The van der Waals surface area contributed by atoms with Crippen LogP contribution in [-0.2, 0) is 0 Å². The van der Waals surface area contributed by atoms with Crippen molar-refractivity contribution in [1.82, 2.24) is 9.78 Å². The van der Waals surface area contributed by atoms with E-state index in [1.165, 1.54) is 0 Å². The van der Waals surface area contributed by atoms with E-state index < -0.39 is 0 Å². The molecule has 1 heterocycles. The Morgan fingerprint density at radius 2 is 2.27 bits per heavy atom. The quantitative estimate of drug-likeness (QED) is 0.755. The van der Waals surface area contributed by atoms with Crippen LogP contribution in [0.15, 0.2) is 30.6 Å². The highest BCUT2D eigenvalue weighted by Gasteiger charge is 2.08. The molecule has 0 fully saturated rings. The number of hydrogen-bond donors (Lipinski definition) is 0. The largest absolute Gasteiger partial charge is 0.238 e. The van der Waals surface area contributed by atoms with Crippen molar-refractivity contribution >= 4 is 34.2 Å². The van der Waals surface area contributed by atoms with Gasteiger partial charge < -0.3 is 0 Å². The van der Waals surface area contributed by atoms with Gasteiger partial charge in [0.05, 0.1) is 26.0 Å². The van der Waals surface area contributed by atoms with Crippen molar-refractivity contribution in [1.29, 1.82) is 5.26 Å². The van der Waals surface area contributed by atoms with Crippen molar-refractivity contribution in [2.24, 2.45) is 0 Å². The summed E-state index contributed by atoms with van der Waals surface area (Å²) in [6.45, 7) is 0. The standard InChI is InChI=1S/C10H5ClIN3/c11-9-2-1-3-10(8(9)4-13)15-6-7(12)5-14-15/h1-3,5-6H. The van der Waals surface area contributed by atoms with Crippen LogP contribution in [0.1, 0.15) is 5.56 Å². The molecule has 0 aliphatic carbocycles. The topological polar surface area (TPSA) is 41.6 Å². The Bertz CT molecular complexity index is 542. The predicted octanol–water partition coefficient (Wildman–Crippen LogP) is 3.00. The summed E-state index contributed by atoms with van der Waals surface area (Å²) in [4.78, 5) is 0. The monoisotopic (exact) mass is 329 g/mol. The summed E-state index contributed by atoms with van der Waals surface area (Å²) in [6, 6.07) is 7.38. The van der Waals surface area contributed by atoms with Crippen molar-refractivity contribution in [3.63, 3.8) is 0 Å². The van der Waals surface area contributed by atoms with E-state index in [1.54, 1.807) is 23.0 Å². The first kappa shape index (κ1) is 10.5. The maximum atomic E-state index is 8.99. The van der Waals surface area contributed by atoms with Gasteiger partial charge in [-0.1, -0.05) is 17.7 Å². The highest BCUT2D eigenvalue weighted by Crippen LogP contribution is 2.22. The second-order valence-corrected chi connectivity index (χ2v) is 4.50. The lowest BCUT2D eigenvalue weighted by atomic mass is 10.2. The number of aromatic nitrogens is 2. The fourth-order valence-corrected chi connectivity index (χ4v) is 1.85. The van der Waals surface area contributed by atoms with Crippen molar-refractivity contribution in [3.05, 3.63) is 44.7 Å². The van der Waals surface area contributed by atoms with Crippen molar-refractivity contribution in [3.8, 4) is 11.8 Å². The zero-order valence-corrected chi connectivity index (χ0v) is 10.4. The highest BCUT2D eigenvalue weighted by molar-refractivity contribution is 14.1. The molecule has 74 valence electrons. The zero-order valence-electron chi connectivity index (χ0n) is 7.48. The molecular weight excluding hydrogens is 324 g/mol. The molecule has 0 bridgehead atoms. The molecule has 3 nitrogen and oxygen atoms in total. The Morgan fingerprint density at radius 1 is 1.47 bits per heavy atom. The first-order valence-corrected chi connectivity index (χ1v) is 5.57. The van der Waals surface area contributed by atoms with Crippen molar-refractivity contribution in [2.45, 2.75) is 0 Å². The van der Waals surface area contributed by atoms with E-state index in [0.29, 0.717) is 16.3 Å². The third-order valence-corrected chi connectivity index (χ3v) is 2.77. The Balaban J connectivity index is 2.63. The van der Waals surface area contributed by atoms with Gasteiger partial charge in [0.25, 0.3) is 0 Å². The number of hydrogen-bond acceptors (Lipinski definition) is 2. The lowest BCUT2D eigenvalue weighted by molar-refractivity contribution is 0.877. The Labute approximate surface area is 105 Å². The van der Waals surface area contributed by atoms with Crippen molar-refractivity contribution < 1.29 is 0 Å². The SMILES string of the molecule is N#Cc1c(Cl)cccc1-n1cc(I)cn1. The van der Waals surface area contributed by atoms with E-state index >= 15 is 0 Å². The van der Waals surface area contributed by atoms with Gasteiger partial charge in [-0.15, -0.1) is 0 Å². The summed E-state index contributed by atoms with van der Waals surface area (Å²) in [6.07, 6.45) is 3.57. The first-order valence-electron chi connectivity index (χ1n) is 4.11. The molecule has 0 aliphatic heterocycles. The molecule has 1 aromatic carbocycles. The molecule has 1 aromatic heterocycles. The van der Waals surface area contributed by atoms with Crippen LogP contribution in [0.2, 0.25) is 5.02 Å². The fourth-order valence-electron chi connectivity index (χ4n) is 1.25. The minimum Gasteiger partial charge on any atom is -0.238 e. The van der Waals surface area contributed by atoms with Gasteiger partial charge in [-0.25, -0.2) is 4.68 Å². The van der Waals surface area contributed by atoms with Crippen LogP contribution in [0.5, 0.6) is 0 Å². The number of nitrogens with zero attached hydrogens (tertiary/aromatic N) is 3. The van der Waals surface area contributed by atoms with Crippen LogP contribution in [0.3, 0.4) is 0 Å². The van der Waals surface area contributed by atoms with Crippen LogP contribution < -0.4 is 0 Å². The van der Waals surface area contributed by atoms with Gasteiger partial charge in [0, 0.05) is 6.20 Å². The summed E-state index contributed by atoms with van der Waals surface area (Å²) in [5.74, 6) is 0. The van der Waals surface area contributed by atoms with E-state index in [0.717, 1.165) is 3.57 Å². The molecule has 0 amide bonds. The van der Waals surface area contributed by atoms with E-state index in [4.69, 9.17) is 16.9 Å². The number of benzene rings is 1. The summed E-state index contributed by atoms with van der Waals surface area (Å²) < 4.78 is 2.66. The molecule has 0 saturated heterocycles. The predicted molar refractivity (Wildman–Crippen MR) is 66.0 cm³/mol. The van der Waals surface area contributed by atoms with Crippen LogP contribution in [0, 0.1) is 14.9 Å². The normalized spacial score (nSPS) is 9.93. The second kappa shape index (κ2) is 4.21. The Morgan fingerprint density at radius 3 is 2.87 bits per heavy atom. The molecular formula is C10H5ClIN3. The summed E-state index contributed by atoms with van der Waals surface area (Å²) in [7, 11) is 0.